The molecule has 27 heavy (non-hydrogen) atoms. The van der Waals surface area contributed by atoms with Gasteiger partial charge in [-0.15, -0.1) is 10.2 Å². The fourth-order valence-electron chi connectivity index (χ4n) is 2.44. The van der Waals surface area contributed by atoms with Crippen molar-refractivity contribution in [3.63, 3.8) is 0 Å². The van der Waals surface area contributed by atoms with Gasteiger partial charge in [0.15, 0.2) is 0 Å². The summed E-state index contributed by atoms with van der Waals surface area (Å²) in [6.45, 7) is 9.02. The third-order valence-corrected chi connectivity index (χ3v) is 5.50. The number of hydrogen-bond donors (Lipinski definition) is 1. The average molecular weight is 406 g/mol. The number of hydrogen-bond acceptors (Lipinski definition) is 6. The molecule has 0 atom stereocenters. The van der Waals surface area contributed by atoms with Crippen molar-refractivity contribution in [1.82, 2.24) is 10.2 Å². The van der Waals surface area contributed by atoms with Gasteiger partial charge in [0, 0.05) is 5.41 Å². The van der Waals surface area contributed by atoms with Crippen LogP contribution in [0.5, 0.6) is 11.5 Å². The Labute approximate surface area is 170 Å². The summed E-state index contributed by atoms with van der Waals surface area (Å²) in [5.41, 5.74) is 0.652. The van der Waals surface area contributed by atoms with Crippen molar-refractivity contribution in [3.8, 4) is 11.5 Å². The predicted octanol–water partition coefficient (Wildman–Crippen LogP) is 5.37. The summed E-state index contributed by atoms with van der Waals surface area (Å²) in [5.74, 6) is 1.37. The molecule has 7 heteroatoms. The molecule has 0 spiro atoms. The number of nitrogens with zero attached hydrogens (tertiary/aromatic N) is 2. The van der Waals surface area contributed by atoms with Gasteiger partial charge < -0.3 is 14.8 Å². The first-order valence-corrected chi connectivity index (χ1v) is 10.2. The standard InChI is InChI=1S/C20H27N3O2S2/c1-6-8-12-20(3,4)18-22-23-19(27-18)21-17(26)16-14(24-5)10-9-11-15(16)25-13-7-2/h6,8-11H,7,12-13H2,1-5H3,(H,21,23,26). The van der Waals surface area contributed by atoms with E-state index in [1.54, 1.807) is 7.11 Å². The highest BCUT2D eigenvalue weighted by Gasteiger charge is 2.25. The van der Waals surface area contributed by atoms with Gasteiger partial charge in [-0.1, -0.05) is 62.5 Å². The number of ether oxygens (including phenoxy) is 2. The van der Waals surface area contributed by atoms with Gasteiger partial charge in [-0.25, -0.2) is 0 Å². The van der Waals surface area contributed by atoms with Gasteiger partial charge in [0.25, 0.3) is 0 Å². The summed E-state index contributed by atoms with van der Waals surface area (Å²) in [4.78, 5) is 0.507. The van der Waals surface area contributed by atoms with Crippen LogP contribution in [0.3, 0.4) is 0 Å². The number of thiocarbonyl (C=S) groups is 1. The van der Waals surface area contributed by atoms with Crippen molar-refractivity contribution in [2.24, 2.45) is 0 Å². The molecule has 0 fully saturated rings. The highest BCUT2D eigenvalue weighted by molar-refractivity contribution is 7.81. The van der Waals surface area contributed by atoms with Crippen LogP contribution < -0.4 is 14.8 Å². The summed E-state index contributed by atoms with van der Waals surface area (Å²) in [6.07, 6.45) is 6.02. The molecule has 2 rings (SSSR count). The molecule has 0 amide bonds. The molecule has 1 aromatic carbocycles. The third-order valence-electron chi connectivity index (χ3n) is 3.98. The molecule has 1 N–H and O–H groups in total. The Morgan fingerprint density at radius 3 is 2.70 bits per heavy atom. The smallest absolute Gasteiger partial charge is 0.210 e. The van der Waals surface area contributed by atoms with Crippen molar-refractivity contribution in [2.45, 2.75) is 46.0 Å². The SMILES string of the molecule is CC=CCC(C)(C)c1nnc(NC(=S)c2c(OC)cccc2OCCC)s1. The molecule has 0 unspecified atom stereocenters. The molecule has 0 bridgehead atoms. The molecule has 0 radical (unpaired) electrons. The van der Waals surface area contributed by atoms with E-state index < -0.39 is 0 Å². The first-order valence-electron chi connectivity index (χ1n) is 8.99. The van der Waals surface area contributed by atoms with E-state index in [9.17, 15) is 0 Å². The zero-order valence-electron chi connectivity index (χ0n) is 16.5. The van der Waals surface area contributed by atoms with Crippen LogP contribution in [0.25, 0.3) is 0 Å². The lowest BCUT2D eigenvalue weighted by molar-refractivity contribution is 0.314. The molecule has 5 nitrogen and oxygen atoms in total. The summed E-state index contributed by atoms with van der Waals surface area (Å²) in [7, 11) is 1.62. The van der Waals surface area contributed by atoms with E-state index in [0.29, 0.717) is 28.2 Å². The van der Waals surface area contributed by atoms with Crippen LogP contribution in [-0.2, 0) is 5.41 Å². The number of nitrogens with one attached hydrogen (secondary N) is 1. The Morgan fingerprint density at radius 2 is 2.04 bits per heavy atom. The van der Waals surface area contributed by atoms with E-state index in [1.807, 2.05) is 25.1 Å². The molecule has 0 saturated carbocycles. The van der Waals surface area contributed by atoms with Gasteiger partial charge in [0.05, 0.1) is 19.3 Å². The molecular weight excluding hydrogens is 378 g/mol. The summed E-state index contributed by atoms with van der Waals surface area (Å²) >= 11 is 7.14. The normalized spacial score (nSPS) is 11.6. The first-order chi connectivity index (χ1) is 12.9. The maximum Gasteiger partial charge on any atom is 0.210 e. The molecule has 146 valence electrons. The Morgan fingerprint density at radius 1 is 1.30 bits per heavy atom. The molecule has 0 saturated heterocycles. The number of rotatable bonds is 9. The lowest BCUT2D eigenvalue weighted by atomic mass is 9.90. The van der Waals surface area contributed by atoms with Crippen molar-refractivity contribution in [2.75, 3.05) is 19.0 Å². The number of aromatic nitrogens is 2. The van der Waals surface area contributed by atoms with Gasteiger partial charge in [-0.05, 0) is 31.9 Å². The molecule has 0 aliphatic rings. The van der Waals surface area contributed by atoms with Crippen LogP contribution in [0, 0.1) is 0 Å². The number of anilines is 1. The van der Waals surface area contributed by atoms with E-state index in [0.717, 1.165) is 23.4 Å². The van der Waals surface area contributed by atoms with Crippen LogP contribution in [0.4, 0.5) is 5.13 Å². The largest absolute Gasteiger partial charge is 0.496 e. The van der Waals surface area contributed by atoms with Crippen molar-refractivity contribution >= 4 is 33.7 Å². The van der Waals surface area contributed by atoms with E-state index in [4.69, 9.17) is 21.7 Å². The number of methoxy groups -OCH3 is 1. The van der Waals surface area contributed by atoms with Gasteiger partial charge in [-0.3, -0.25) is 0 Å². The molecule has 2 aromatic rings. The van der Waals surface area contributed by atoms with E-state index in [-0.39, 0.29) is 5.41 Å². The van der Waals surface area contributed by atoms with Crippen LogP contribution in [-0.4, -0.2) is 28.9 Å². The van der Waals surface area contributed by atoms with Crippen LogP contribution in [0.2, 0.25) is 0 Å². The van der Waals surface area contributed by atoms with Crippen LogP contribution in [0.1, 0.15) is 51.1 Å². The van der Waals surface area contributed by atoms with Gasteiger partial charge in [0.2, 0.25) is 5.13 Å². The van der Waals surface area contributed by atoms with Crippen molar-refractivity contribution in [1.29, 1.82) is 0 Å². The second-order valence-electron chi connectivity index (χ2n) is 6.71. The molecule has 1 aromatic heterocycles. The molecule has 0 aliphatic heterocycles. The van der Waals surface area contributed by atoms with E-state index in [1.165, 1.54) is 11.3 Å². The zero-order valence-corrected chi connectivity index (χ0v) is 18.2. The minimum atomic E-state index is -0.0778. The highest BCUT2D eigenvalue weighted by atomic mass is 32.1. The quantitative estimate of drug-likeness (QED) is 0.447. The minimum Gasteiger partial charge on any atom is -0.496 e. The van der Waals surface area contributed by atoms with Gasteiger partial charge in [-0.2, -0.15) is 0 Å². The second kappa shape index (κ2) is 9.80. The number of benzene rings is 1. The lowest BCUT2D eigenvalue weighted by Gasteiger charge is -2.18. The summed E-state index contributed by atoms with van der Waals surface area (Å²) in [5, 5.41) is 13.4. The summed E-state index contributed by atoms with van der Waals surface area (Å²) < 4.78 is 11.3. The summed E-state index contributed by atoms with van der Waals surface area (Å²) in [6, 6.07) is 5.66. The predicted molar refractivity (Wildman–Crippen MR) is 116 cm³/mol. The Kier molecular flexibility index (Phi) is 7.74. The van der Waals surface area contributed by atoms with E-state index >= 15 is 0 Å². The zero-order chi connectivity index (χ0) is 19.9. The minimum absolute atomic E-state index is 0.0778. The fourth-order valence-corrected chi connectivity index (χ4v) is 3.67. The monoisotopic (exact) mass is 405 g/mol. The molecule has 1 heterocycles. The van der Waals surface area contributed by atoms with Crippen LogP contribution in [0.15, 0.2) is 30.4 Å². The topological polar surface area (TPSA) is 56.3 Å². The second-order valence-corrected chi connectivity index (χ2v) is 8.09. The Bertz CT molecular complexity index is 800. The van der Waals surface area contributed by atoms with Crippen LogP contribution >= 0.6 is 23.6 Å². The number of allylic oxidation sites excluding steroid dienone is 2. The Hall–Kier alpha value is -1.99. The molecular formula is C20H27N3O2S2. The van der Waals surface area contributed by atoms with Crippen molar-refractivity contribution in [3.05, 3.63) is 40.9 Å². The lowest BCUT2D eigenvalue weighted by Crippen LogP contribution is -2.15. The highest BCUT2D eigenvalue weighted by Crippen LogP contribution is 2.34. The van der Waals surface area contributed by atoms with Gasteiger partial charge >= 0.3 is 0 Å². The maximum absolute atomic E-state index is 5.84. The van der Waals surface area contributed by atoms with Gasteiger partial charge in [0.1, 0.15) is 21.5 Å². The first kappa shape index (κ1) is 21.3. The van der Waals surface area contributed by atoms with Crippen molar-refractivity contribution < 1.29 is 9.47 Å². The Balaban J connectivity index is 2.23. The third kappa shape index (κ3) is 5.49. The maximum atomic E-state index is 5.84. The molecule has 0 aliphatic carbocycles. The van der Waals surface area contributed by atoms with E-state index in [2.05, 4.69) is 48.4 Å². The fraction of sp³-hybridized carbons (Fsp3) is 0.450. The average Bonchev–Trinajstić information content (AvgIpc) is 3.13.